The van der Waals surface area contributed by atoms with Gasteiger partial charge in [0.15, 0.2) is 0 Å². The number of amides is 3. The van der Waals surface area contributed by atoms with Crippen molar-refractivity contribution in [3.05, 3.63) is 0 Å². The number of carbonyl (C=O) groups is 3. The normalized spacial score (nSPS) is 11.1. The minimum Gasteiger partial charge on any atom is -0.465 e. The van der Waals surface area contributed by atoms with Gasteiger partial charge >= 0.3 is 12.0 Å². The molecule has 0 fully saturated rings. The van der Waals surface area contributed by atoms with E-state index in [0.29, 0.717) is 13.2 Å². The first-order chi connectivity index (χ1) is 9.17. The van der Waals surface area contributed by atoms with Crippen molar-refractivity contribution in [1.29, 1.82) is 0 Å². The number of nitrogens with one attached hydrogen (secondary N) is 2. The first-order valence-corrected chi connectivity index (χ1v) is 6.68. The van der Waals surface area contributed by atoms with Crippen LogP contribution in [0.15, 0.2) is 0 Å². The molecule has 0 spiro atoms. The Bertz CT molecular complexity index is 350. The predicted octanol–water partition coefficient (Wildman–Crippen LogP) is 0.496. The van der Waals surface area contributed by atoms with Crippen molar-refractivity contribution in [1.82, 2.24) is 15.5 Å². The highest BCUT2D eigenvalue weighted by Gasteiger charge is 2.18. The molecule has 0 bridgehead atoms. The maximum absolute atomic E-state index is 11.7. The van der Waals surface area contributed by atoms with Crippen LogP contribution in [0, 0.1) is 0 Å². The second kappa shape index (κ2) is 8.52. The Kier molecular flexibility index (Phi) is 7.83. The van der Waals surface area contributed by atoms with E-state index in [-0.39, 0.29) is 19.1 Å². The highest BCUT2D eigenvalue weighted by atomic mass is 16.5. The van der Waals surface area contributed by atoms with Crippen LogP contribution in [0.25, 0.3) is 0 Å². The fraction of sp³-hybridized carbons (Fsp3) is 0.769. The van der Waals surface area contributed by atoms with Gasteiger partial charge in [0.1, 0.15) is 0 Å². The molecule has 0 heterocycles. The van der Waals surface area contributed by atoms with Gasteiger partial charge in [-0.05, 0) is 34.2 Å². The van der Waals surface area contributed by atoms with Gasteiger partial charge in [-0.1, -0.05) is 6.92 Å². The minimum atomic E-state index is -0.547. The summed E-state index contributed by atoms with van der Waals surface area (Å²) in [6.07, 6.45) is 0. The Labute approximate surface area is 120 Å². The van der Waals surface area contributed by atoms with Gasteiger partial charge in [0, 0.05) is 5.54 Å². The zero-order valence-corrected chi connectivity index (χ0v) is 12.9. The molecule has 7 heteroatoms. The molecule has 0 aliphatic carbocycles. The van der Waals surface area contributed by atoms with E-state index in [1.807, 2.05) is 27.7 Å². The number of imide groups is 1. The fourth-order valence-electron chi connectivity index (χ4n) is 1.41. The first-order valence-electron chi connectivity index (χ1n) is 6.68. The minimum absolute atomic E-state index is 0.0264. The molecule has 0 aromatic heterocycles. The van der Waals surface area contributed by atoms with E-state index >= 15 is 0 Å². The van der Waals surface area contributed by atoms with E-state index in [1.54, 1.807) is 11.8 Å². The third-order valence-electron chi connectivity index (χ3n) is 2.21. The summed E-state index contributed by atoms with van der Waals surface area (Å²) in [7, 11) is 0. The summed E-state index contributed by atoms with van der Waals surface area (Å²) in [4.78, 5) is 36.1. The SMILES string of the molecule is CCOC(=O)CN(CC)CC(=O)NC(=O)NC(C)(C)C. The zero-order chi connectivity index (χ0) is 15.8. The molecule has 0 aromatic carbocycles. The summed E-state index contributed by atoms with van der Waals surface area (Å²) < 4.78 is 4.81. The Morgan fingerprint density at radius 3 is 2.15 bits per heavy atom. The topological polar surface area (TPSA) is 87.7 Å². The van der Waals surface area contributed by atoms with Crippen LogP contribution in [-0.4, -0.2) is 54.6 Å². The highest BCUT2D eigenvalue weighted by molar-refractivity contribution is 5.95. The number of likely N-dealkylation sites (N-methyl/N-ethyl adjacent to an activating group) is 1. The maximum Gasteiger partial charge on any atom is 0.321 e. The van der Waals surface area contributed by atoms with E-state index in [0.717, 1.165) is 0 Å². The molecule has 0 unspecified atom stereocenters. The number of hydrogen-bond donors (Lipinski definition) is 2. The van der Waals surface area contributed by atoms with Gasteiger partial charge in [0.25, 0.3) is 0 Å². The van der Waals surface area contributed by atoms with Gasteiger partial charge in [0.2, 0.25) is 5.91 Å². The Morgan fingerprint density at radius 2 is 1.70 bits per heavy atom. The average Bonchev–Trinajstić information content (AvgIpc) is 2.25. The molecule has 0 aliphatic heterocycles. The van der Waals surface area contributed by atoms with Gasteiger partial charge in [-0.15, -0.1) is 0 Å². The molecule has 20 heavy (non-hydrogen) atoms. The molecular formula is C13H25N3O4. The molecule has 0 aliphatic rings. The summed E-state index contributed by atoms with van der Waals surface area (Å²) in [5.74, 6) is -0.848. The lowest BCUT2D eigenvalue weighted by atomic mass is 10.1. The van der Waals surface area contributed by atoms with Crippen LogP contribution < -0.4 is 10.6 Å². The molecule has 0 radical (unpaired) electrons. The molecule has 0 saturated heterocycles. The Balaban J connectivity index is 4.22. The summed E-state index contributed by atoms with van der Waals surface area (Å²) >= 11 is 0. The van der Waals surface area contributed by atoms with E-state index < -0.39 is 17.5 Å². The van der Waals surface area contributed by atoms with Crippen molar-refractivity contribution >= 4 is 17.9 Å². The lowest BCUT2D eigenvalue weighted by Crippen LogP contribution is -2.50. The number of hydrogen-bond acceptors (Lipinski definition) is 5. The third-order valence-corrected chi connectivity index (χ3v) is 2.21. The highest BCUT2D eigenvalue weighted by Crippen LogP contribution is 1.97. The van der Waals surface area contributed by atoms with Crippen LogP contribution in [-0.2, 0) is 14.3 Å². The summed E-state index contributed by atoms with van der Waals surface area (Å²) in [6, 6.07) is -0.547. The lowest BCUT2D eigenvalue weighted by molar-refractivity contribution is -0.144. The van der Waals surface area contributed by atoms with Crippen LogP contribution in [0.2, 0.25) is 0 Å². The molecule has 0 rings (SSSR count). The van der Waals surface area contributed by atoms with Crippen molar-refractivity contribution in [3.8, 4) is 0 Å². The summed E-state index contributed by atoms with van der Waals surface area (Å²) in [6.45, 7) is 9.79. The zero-order valence-electron chi connectivity index (χ0n) is 12.9. The molecule has 7 nitrogen and oxygen atoms in total. The van der Waals surface area contributed by atoms with Crippen molar-refractivity contribution in [2.75, 3.05) is 26.2 Å². The number of carbonyl (C=O) groups excluding carboxylic acids is 3. The fourth-order valence-corrected chi connectivity index (χ4v) is 1.41. The number of ether oxygens (including phenoxy) is 1. The van der Waals surface area contributed by atoms with Crippen molar-refractivity contribution in [2.45, 2.75) is 40.2 Å². The third kappa shape index (κ3) is 9.32. The molecular weight excluding hydrogens is 262 g/mol. The van der Waals surface area contributed by atoms with Crippen LogP contribution in [0.3, 0.4) is 0 Å². The summed E-state index contributed by atoms with van der Waals surface area (Å²) in [5.41, 5.74) is -0.417. The number of rotatable bonds is 6. The van der Waals surface area contributed by atoms with E-state index in [4.69, 9.17) is 4.74 Å². The van der Waals surface area contributed by atoms with Crippen LogP contribution >= 0.6 is 0 Å². The molecule has 0 atom stereocenters. The molecule has 0 saturated carbocycles. The average molecular weight is 287 g/mol. The van der Waals surface area contributed by atoms with Gasteiger partial charge in [-0.3, -0.25) is 19.8 Å². The van der Waals surface area contributed by atoms with E-state index in [9.17, 15) is 14.4 Å². The quantitative estimate of drug-likeness (QED) is 0.694. The lowest BCUT2D eigenvalue weighted by Gasteiger charge is -2.22. The number of esters is 1. The van der Waals surface area contributed by atoms with Gasteiger partial charge in [0.05, 0.1) is 19.7 Å². The predicted molar refractivity (Wildman–Crippen MR) is 75.2 cm³/mol. The second-order valence-electron chi connectivity index (χ2n) is 5.36. The Morgan fingerprint density at radius 1 is 1.10 bits per heavy atom. The molecule has 3 amide bonds. The summed E-state index contributed by atoms with van der Waals surface area (Å²) in [5, 5.41) is 4.85. The van der Waals surface area contributed by atoms with Gasteiger partial charge in [-0.25, -0.2) is 4.79 Å². The van der Waals surface area contributed by atoms with Gasteiger partial charge in [-0.2, -0.15) is 0 Å². The molecule has 0 aromatic rings. The molecule has 116 valence electrons. The van der Waals surface area contributed by atoms with Crippen LogP contribution in [0.4, 0.5) is 4.79 Å². The van der Waals surface area contributed by atoms with Crippen molar-refractivity contribution in [2.24, 2.45) is 0 Å². The standard InChI is InChI=1S/C13H25N3O4/c1-6-16(9-11(18)20-7-2)8-10(17)14-12(19)15-13(3,4)5/h6-9H2,1-5H3,(H2,14,15,17,19). The van der Waals surface area contributed by atoms with Crippen LogP contribution in [0.5, 0.6) is 0 Å². The number of nitrogens with zero attached hydrogens (tertiary/aromatic N) is 1. The maximum atomic E-state index is 11.7. The number of urea groups is 1. The smallest absolute Gasteiger partial charge is 0.321 e. The van der Waals surface area contributed by atoms with Gasteiger partial charge < -0.3 is 10.1 Å². The largest absolute Gasteiger partial charge is 0.465 e. The second-order valence-corrected chi connectivity index (χ2v) is 5.36. The van der Waals surface area contributed by atoms with E-state index in [1.165, 1.54) is 0 Å². The first kappa shape index (κ1) is 18.4. The monoisotopic (exact) mass is 287 g/mol. The van der Waals surface area contributed by atoms with Crippen molar-refractivity contribution in [3.63, 3.8) is 0 Å². The van der Waals surface area contributed by atoms with Crippen molar-refractivity contribution < 1.29 is 19.1 Å². The Hall–Kier alpha value is -1.63. The van der Waals surface area contributed by atoms with Crippen LogP contribution in [0.1, 0.15) is 34.6 Å². The van der Waals surface area contributed by atoms with E-state index in [2.05, 4.69) is 10.6 Å². The molecule has 2 N–H and O–H groups in total.